The molecule has 9 heteroatoms. The molecule has 0 bridgehead atoms. The van der Waals surface area contributed by atoms with Crippen molar-refractivity contribution < 1.29 is 14.3 Å². The van der Waals surface area contributed by atoms with E-state index in [0.29, 0.717) is 29.8 Å². The molecule has 2 aromatic rings. The van der Waals surface area contributed by atoms with E-state index in [0.717, 1.165) is 11.3 Å². The fourth-order valence-electron chi connectivity index (χ4n) is 4.53. The number of methoxy groups -OCH3 is 1. The molecule has 0 N–H and O–H groups in total. The zero-order chi connectivity index (χ0) is 23.1. The molecular weight excluding hydrogens is 442 g/mol. The lowest BCUT2D eigenvalue weighted by Gasteiger charge is -2.40. The maximum absolute atomic E-state index is 13.4. The summed E-state index contributed by atoms with van der Waals surface area (Å²) in [7, 11) is 3.27. The van der Waals surface area contributed by atoms with Crippen molar-refractivity contribution in [2.75, 3.05) is 38.7 Å². The maximum Gasteiger partial charge on any atom is 0.328 e. The Labute approximate surface area is 197 Å². The van der Waals surface area contributed by atoms with Crippen LogP contribution in [-0.2, 0) is 4.79 Å². The first-order valence-corrected chi connectivity index (χ1v) is 11.1. The third kappa shape index (κ3) is 3.60. The van der Waals surface area contributed by atoms with Crippen LogP contribution in [0.3, 0.4) is 0 Å². The predicted octanol–water partition coefficient (Wildman–Crippen LogP) is 3.14. The van der Waals surface area contributed by atoms with Crippen molar-refractivity contribution in [2.45, 2.75) is 12.2 Å². The van der Waals surface area contributed by atoms with Gasteiger partial charge in [0.1, 0.15) is 5.75 Å². The van der Waals surface area contributed by atoms with Crippen molar-refractivity contribution >= 4 is 41.3 Å². The van der Waals surface area contributed by atoms with Crippen LogP contribution in [0.4, 0.5) is 10.5 Å². The number of urea groups is 1. The number of ether oxygens (including phenoxy) is 1. The summed E-state index contributed by atoms with van der Waals surface area (Å²) in [5, 5.41) is 0.504. The van der Waals surface area contributed by atoms with E-state index in [1.165, 1.54) is 4.90 Å². The van der Waals surface area contributed by atoms with Crippen LogP contribution < -0.4 is 9.64 Å². The Kier molecular flexibility index (Phi) is 5.46. The highest BCUT2D eigenvalue weighted by molar-refractivity contribution is 6.32. The Morgan fingerprint density at radius 2 is 1.94 bits per heavy atom. The van der Waals surface area contributed by atoms with E-state index in [1.54, 1.807) is 19.1 Å². The third-order valence-corrected chi connectivity index (χ3v) is 6.52. The highest BCUT2D eigenvalue weighted by Crippen LogP contribution is 2.35. The second-order valence-corrected chi connectivity index (χ2v) is 8.51. The van der Waals surface area contributed by atoms with Gasteiger partial charge in [0.2, 0.25) is 5.96 Å². The molecule has 3 aliphatic heterocycles. The molecule has 2 atom stereocenters. The Morgan fingerprint density at radius 3 is 2.67 bits per heavy atom. The van der Waals surface area contributed by atoms with Crippen molar-refractivity contribution in [2.24, 2.45) is 4.99 Å². The molecule has 3 heterocycles. The number of hydrogen-bond acceptors (Lipinski definition) is 6. The summed E-state index contributed by atoms with van der Waals surface area (Å²) in [6.07, 6.45) is 3.20. The van der Waals surface area contributed by atoms with Crippen LogP contribution in [0, 0.1) is 0 Å². The van der Waals surface area contributed by atoms with Crippen LogP contribution >= 0.6 is 11.6 Å². The molecule has 8 nitrogen and oxygen atoms in total. The first-order valence-electron chi connectivity index (χ1n) is 10.7. The van der Waals surface area contributed by atoms with E-state index in [9.17, 15) is 9.59 Å². The molecule has 2 saturated heterocycles. The number of halogens is 1. The average molecular weight is 466 g/mol. The first kappa shape index (κ1) is 21.3. The van der Waals surface area contributed by atoms with Crippen molar-refractivity contribution in [3.8, 4) is 5.75 Å². The van der Waals surface area contributed by atoms with E-state index in [4.69, 9.17) is 21.3 Å². The molecule has 33 heavy (non-hydrogen) atoms. The van der Waals surface area contributed by atoms with E-state index in [1.807, 2.05) is 70.5 Å². The van der Waals surface area contributed by atoms with Gasteiger partial charge in [-0.1, -0.05) is 54.1 Å². The minimum atomic E-state index is -0.550. The van der Waals surface area contributed by atoms with Gasteiger partial charge in [-0.05, 0) is 23.8 Å². The van der Waals surface area contributed by atoms with Crippen molar-refractivity contribution in [1.29, 1.82) is 0 Å². The zero-order valence-electron chi connectivity index (χ0n) is 18.4. The lowest BCUT2D eigenvalue weighted by Crippen LogP contribution is -2.64. The molecule has 0 aromatic heterocycles. The molecule has 3 aliphatic rings. The van der Waals surface area contributed by atoms with Gasteiger partial charge in [-0.25, -0.2) is 9.79 Å². The monoisotopic (exact) mass is 465 g/mol. The molecule has 0 radical (unpaired) electrons. The van der Waals surface area contributed by atoms with E-state index in [-0.39, 0.29) is 18.5 Å². The SMILES string of the molecule is COc1ccc(N2CCN3C2=NC2C3C(=O)N(C/C=C/c3ccccc3)C(=O)N2C)cc1Cl. The van der Waals surface area contributed by atoms with Gasteiger partial charge in [0.25, 0.3) is 5.91 Å². The van der Waals surface area contributed by atoms with Crippen LogP contribution in [0.2, 0.25) is 5.02 Å². The summed E-state index contributed by atoms with van der Waals surface area (Å²) >= 11 is 6.32. The van der Waals surface area contributed by atoms with Gasteiger partial charge in [-0.2, -0.15) is 0 Å². The van der Waals surface area contributed by atoms with Gasteiger partial charge >= 0.3 is 6.03 Å². The van der Waals surface area contributed by atoms with Crippen LogP contribution in [-0.4, -0.2) is 78.6 Å². The molecule has 0 aliphatic carbocycles. The number of guanidine groups is 1. The van der Waals surface area contributed by atoms with E-state index < -0.39 is 12.2 Å². The molecule has 3 amide bonds. The molecule has 2 fully saturated rings. The summed E-state index contributed by atoms with van der Waals surface area (Å²) in [6.45, 7) is 1.51. The fraction of sp³-hybridized carbons (Fsp3) is 0.292. The smallest absolute Gasteiger partial charge is 0.328 e. The maximum atomic E-state index is 13.4. The number of fused-ring (bicyclic) bond motifs is 3. The van der Waals surface area contributed by atoms with Gasteiger partial charge in [0.15, 0.2) is 12.2 Å². The normalized spacial score (nSPS) is 22.2. The number of anilines is 1. The largest absolute Gasteiger partial charge is 0.495 e. The average Bonchev–Trinajstić information content (AvgIpc) is 3.40. The lowest BCUT2D eigenvalue weighted by atomic mass is 10.1. The first-order chi connectivity index (χ1) is 16.0. The summed E-state index contributed by atoms with van der Waals surface area (Å²) in [6, 6.07) is 14.5. The van der Waals surface area contributed by atoms with E-state index >= 15 is 0 Å². The summed E-state index contributed by atoms with van der Waals surface area (Å²) in [5.41, 5.74) is 1.88. The predicted molar refractivity (Wildman–Crippen MR) is 127 cm³/mol. The lowest BCUT2D eigenvalue weighted by molar-refractivity contribution is -0.136. The second-order valence-electron chi connectivity index (χ2n) is 8.11. The number of carbonyl (C=O) groups excluding carboxylic acids is 2. The highest BCUT2D eigenvalue weighted by Gasteiger charge is 2.54. The van der Waals surface area contributed by atoms with Crippen LogP contribution in [0.5, 0.6) is 5.75 Å². The van der Waals surface area contributed by atoms with Crippen LogP contribution in [0.15, 0.2) is 59.6 Å². The number of hydrogen-bond donors (Lipinski definition) is 0. The van der Waals surface area contributed by atoms with Crippen molar-refractivity contribution in [1.82, 2.24) is 14.7 Å². The minimum absolute atomic E-state index is 0.209. The van der Waals surface area contributed by atoms with Crippen LogP contribution in [0.25, 0.3) is 6.08 Å². The number of nitrogens with zero attached hydrogens (tertiary/aromatic N) is 5. The van der Waals surface area contributed by atoms with Gasteiger partial charge < -0.3 is 19.4 Å². The van der Waals surface area contributed by atoms with Gasteiger partial charge in [0.05, 0.1) is 12.1 Å². The van der Waals surface area contributed by atoms with Crippen LogP contribution in [0.1, 0.15) is 5.56 Å². The fourth-order valence-corrected chi connectivity index (χ4v) is 4.78. The van der Waals surface area contributed by atoms with E-state index in [2.05, 4.69) is 0 Å². The van der Waals surface area contributed by atoms with Crippen molar-refractivity contribution in [3.63, 3.8) is 0 Å². The molecule has 170 valence electrons. The quantitative estimate of drug-likeness (QED) is 0.678. The number of amides is 3. The Morgan fingerprint density at radius 1 is 1.15 bits per heavy atom. The number of likely N-dealkylation sites (N-methyl/N-ethyl adjacent to an activating group) is 1. The minimum Gasteiger partial charge on any atom is -0.495 e. The third-order valence-electron chi connectivity index (χ3n) is 6.22. The summed E-state index contributed by atoms with van der Waals surface area (Å²) in [4.78, 5) is 38.0. The Bertz CT molecular complexity index is 1150. The molecule has 2 aromatic carbocycles. The molecule has 0 saturated carbocycles. The highest BCUT2D eigenvalue weighted by atomic mass is 35.5. The molecule has 2 unspecified atom stereocenters. The zero-order valence-corrected chi connectivity index (χ0v) is 19.1. The van der Waals surface area contributed by atoms with Gasteiger partial charge in [-0.3, -0.25) is 9.69 Å². The Hall–Kier alpha value is -3.52. The second kappa shape index (κ2) is 8.44. The number of rotatable bonds is 5. The molecule has 5 rings (SSSR count). The number of carbonyl (C=O) groups is 2. The van der Waals surface area contributed by atoms with Crippen molar-refractivity contribution in [3.05, 3.63) is 65.2 Å². The van der Waals surface area contributed by atoms with Gasteiger partial charge in [0, 0.05) is 32.4 Å². The van der Waals surface area contributed by atoms with Gasteiger partial charge in [-0.15, -0.1) is 0 Å². The molecular formula is C24H24ClN5O3. The summed E-state index contributed by atoms with van der Waals surface area (Å²) in [5.74, 6) is 1.05. The molecule has 0 spiro atoms. The standard InChI is InChI=1S/C24H24ClN5O3/c1-27-21-20(22(31)30(24(27)32)12-6-9-16-7-4-3-5-8-16)29-14-13-28(23(29)26-21)17-10-11-19(33-2)18(25)15-17/h3-11,15,20-21H,12-14H2,1-2H3/b9-6+. The summed E-state index contributed by atoms with van der Waals surface area (Å²) < 4.78 is 5.25. The number of imide groups is 1. The number of benzene rings is 2. The Balaban J connectivity index is 1.37. The topological polar surface area (TPSA) is 68.7 Å². The number of aliphatic imine (C=N–C) groups is 1.